The molecule has 0 amide bonds. The quantitative estimate of drug-likeness (QED) is 0.211. The molecular weight excluding hydrogens is 498 g/mol. The average molecular weight is 522 g/mol. The van der Waals surface area contributed by atoms with Crippen molar-refractivity contribution < 1.29 is 4.42 Å². The minimum absolute atomic E-state index is 0.917. The topological polar surface area (TPSA) is 26.0 Å². The van der Waals surface area contributed by atoms with E-state index >= 15 is 0 Å². The highest BCUT2D eigenvalue weighted by Gasteiger charge is 2.14. The largest absolute Gasteiger partial charge is 0.455 e. The summed E-state index contributed by atoms with van der Waals surface area (Å²) in [4.78, 5) is 5.26. The Morgan fingerprint density at radius 2 is 1.02 bits per heavy atom. The third-order valence-electron chi connectivity index (χ3n) is 8.44. The number of nitrogens with zero attached hydrogens (tertiary/aromatic N) is 1. The summed E-state index contributed by atoms with van der Waals surface area (Å²) in [6.45, 7) is 0. The first kappa shape index (κ1) is 22.4. The molecule has 0 aliphatic carbocycles. The van der Waals surface area contributed by atoms with Crippen molar-refractivity contribution >= 4 is 65.2 Å². The van der Waals surface area contributed by atoms with Gasteiger partial charge in [-0.25, -0.2) is 4.98 Å². The number of fused-ring (bicyclic) bond motifs is 10. The summed E-state index contributed by atoms with van der Waals surface area (Å²) in [6.07, 6.45) is 0. The fourth-order valence-corrected chi connectivity index (χ4v) is 6.47. The van der Waals surface area contributed by atoms with Gasteiger partial charge >= 0.3 is 0 Å². The molecule has 7 aromatic carbocycles. The fourth-order valence-electron chi connectivity index (χ4n) is 6.47. The Morgan fingerprint density at radius 1 is 0.415 bits per heavy atom. The van der Waals surface area contributed by atoms with Crippen molar-refractivity contribution in [2.45, 2.75) is 0 Å². The lowest BCUT2D eigenvalue weighted by Gasteiger charge is -2.12. The van der Waals surface area contributed by atoms with Crippen molar-refractivity contribution in [1.29, 1.82) is 0 Å². The Bertz CT molecular complexity index is 2450. The van der Waals surface area contributed by atoms with Gasteiger partial charge in [0.1, 0.15) is 11.2 Å². The number of furan rings is 1. The molecule has 0 spiro atoms. The second-order valence-corrected chi connectivity index (χ2v) is 10.7. The molecule has 190 valence electrons. The number of aromatic nitrogens is 1. The molecule has 0 aliphatic rings. The van der Waals surface area contributed by atoms with Crippen LogP contribution in [0.3, 0.4) is 0 Å². The Morgan fingerprint density at radius 3 is 1.83 bits per heavy atom. The maximum atomic E-state index is 6.34. The van der Waals surface area contributed by atoms with E-state index in [9.17, 15) is 0 Å². The first-order valence-electron chi connectivity index (χ1n) is 14.0. The number of rotatable bonds is 2. The zero-order chi connectivity index (χ0) is 26.9. The lowest BCUT2D eigenvalue weighted by atomic mass is 9.95. The van der Waals surface area contributed by atoms with Gasteiger partial charge in [-0.3, -0.25) is 0 Å². The molecule has 0 saturated heterocycles. The molecule has 2 nitrogen and oxygen atoms in total. The molecule has 0 bridgehead atoms. The van der Waals surface area contributed by atoms with Gasteiger partial charge < -0.3 is 4.42 Å². The van der Waals surface area contributed by atoms with Crippen LogP contribution in [0.25, 0.3) is 87.5 Å². The predicted molar refractivity (Wildman–Crippen MR) is 172 cm³/mol. The van der Waals surface area contributed by atoms with Crippen LogP contribution in [-0.2, 0) is 0 Å². The van der Waals surface area contributed by atoms with Crippen LogP contribution in [0.1, 0.15) is 0 Å². The van der Waals surface area contributed by atoms with E-state index in [1.807, 2.05) is 12.1 Å². The van der Waals surface area contributed by atoms with Crippen molar-refractivity contribution in [3.8, 4) is 22.4 Å². The van der Waals surface area contributed by atoms with Crippen molar-refractivity contribution in [1.82, 2.24) is 4.98 Å². The summed E-state index contributed by atoms with van der Waals surface area (Å²) in [7, 11) is 0. The fraction of sp³-hybridized carbons (Fsp3) is 0. The maximum absolute atomic E-state index is 6.34. The first-order valence-corrected chi connectivity index (χ1v) is 14.0. The molecule has 0 unspecified atom stereocenters. The lowest BCUT2D eigenvalue weighted by Crippen LogP contribution is -1.89. The van der Waals surface area contributed by atoms with E-state index in [1.165, 1.54) is 37.7 Å². The van der Waals surface area contributed by atoms with E-state index in [4.69, 9.17) is 9.40 Å². The average Bonchev–Trinajstić information content (AvgIpc) is 3.43. The van der Waals surface area contributed by atoms with Gasteiger partial charge in [0.2, 0.25) is 0 Å². The first-order chi connectivity index (χ1) is 20.3. The van der Waals surface area contributed by atoms with E-state index in [0.717, 1.165) is 49.8 Å². The van der Waals surface area contributed by atoms with Gasteiger partial charge in [0.15, 0.2) is 0 Å². The van der Waals surface area contributed by atoms with E-state index in [-0.39, 0.29) is 0 Å². The van der Waals surface area contributed by atoms with Crippen LogP contribution in [-0.4, -0.2) is 4.98 Å². The smallest absolute Gasteiger partial charge is 0.143 e. The molecule has 0 saturated carbocycles. The van der Waals surface area contributed by atoms with E-state index in [2.05, 4.69) is 127 Å². The molecule has 0 N–H and O–H groups in total. The SMILES string of the molecule is c1ccc2c(c1)oc1c(-c3ccc4ccc(-c5ccc6c7ccccc7c7ccccc7c6n5)cc4c3)cccc12. The molecule has 0 atom stereocenters. The monoisotopic (exact) mass is 521 g/mol. The third kappa shape index (κ3) is 3.34. The normalized spacial score (nSPS) is 11.9. The Kier molecular flexibility index (Phi) is 4.64. The zero-order valence-electron chi connectivity index (χ0n) is 22.1. The van der Waals surface area contributed by atoms with Crippen molar-refractivity contribution in [3.05, 3.63) is 140 Å². The van der Waals surface area contributed by atoms with Crippen LogP contribution in [0.5, 0.6) is 0 Å². The number of pyridine rings is 1. The lowest BCUT2D eigenvalue weighted by molar-refractivity contribution is 0.670. The summed E-state index contributed by atoms with van der Waals surface area (Å²) in [5.74, 6) is 0. The Balaban J connectivity index is 1.22. The van der Waals surface area contributed by atoms with Gasteiger partial charge in [-0.2, -0.15) is 0 Å². The molecule has 41 heavy (non-hydrogen) atoms. The van der Waals surface area contributed by atoms with Crippen molar-refractivity contribution in [3.63, 3.8) is 0 Å². The third-order valence-corrected chi connectivity index (χ3v) is 8.44. The summed E-state index contributed by atoms with van der Waals surface area (Å²) >= 11 is 0. The van der Waals surface area contributed by atoms with E-state index < -0.39 is 0 Å². The van der Waals surface area contributed by atoms with Crippen molar-refractivity contribution in [2.24, 2.45) is 0 Å². The van der Waals surface area contributed by atoms with E-state index in [0.29, 0.717) is 0 Å². The molecule has 0 radical (unpaired) electrons. The van der Waals surface area contributed by atoms with Gasteiger partial charge in [-0.15, -0.1) is 0 Å². The van der Waals surface area contributed by atoms with Crippen LogP contribution in [0.2, 0.25) is 0 Å². The van der Waals surface area contributed by atoms with Crippen LogP contribution in [0, 0.1) is 0 Å². The minimum Gasteiger partial charge on any atom is -0.455 e. The minimum atomic E-state index is 0.917. The second kappa shape index (κ2) is 8.51. The van der Waals surface area contributed by atoms with Gasteiger partial charge in [0.25, 0.3) is 0 Å². The number of benzene rings is 7. The summed E-state index contributed by atoms with van der Waals surface area (Å²) in [5, 5.41) is 10.8. The van der Waals surface area contributed by atoms with Crippen molar-refractivity contribution in [2.75, 3.05) is 0 Å². The highest BCUT2D eigenvalue weighted by atomic mass is 16.3. The number of hydrogen-bond donors (Lipinski definition) is 0. The van der Waals surface area contributed by atoms with Crippen LogP contribution in [0.15, 0.2) is 144 Å². The highest BCUT2D eigenvalue weighted by molar-refractivity contribution is 6.24. The van der Waals surface area contributed by atoms with E-state index in [1.54, 1.807) is 0 Å². The van der Waals surface area contributed by atoms with Gasteiger partial charge in [0.05, 0.1) is 11.2 Å². The van der Waals surface area contributed by atoms with Crippen LogP contribution >= 0.6 is 0 Å². The Hall–Kier alpha value is -5.47. The Labute approximate surface area is 236 Å². The predicted octanol–water partition coefficient (Wildman–Crippen LogP) is 10.9. The molecule has 0 fully saturated rings. The van der Waals surface area contributed by atoms with Gasteiger partial charge in [0, 0.05) is 32.7 Å². The zero-order valence-corrected chi connectivity index (χ0v) is 22.1. The molecule has 9 rings (SSSR count). The standard InChI is InChI=1S/C39H23NO/c1-2-10-31-29(8-1)30-9-3-4-12-33(30)38-34(31)20-21-36(40-38)26-19-17-24-16-18-25(22-27(24)23-26)28-13-7-14-35-32-11-5-6-15-37(32)41-39(28)35/h1-23H. The van der Waals surface area contributed by atoms with Crippen LogP contribution < -0.4 is 0 Å². The number of hydrogen-bond acceptors (Lipinski definition) is 2. The molecule has 0 aliphatic heterocycles. The maximum Gasteiger partial charge on any atom is 0.143 e. The summed E-state index contributed by atoms with van der Waals surface area (Å²) in [5.41, 5.74) is 7.22. The molecule has 2 aromatic heterocycles. The molecule has 9 aromatic rings. The van der Waals surface area contributed by atoms with Crippen LogP contribution in [0.4, 0.5) is 0 Å². The molecule has 2 heterocycles. The second-order valence-electron chi connectivity index (χ2n) is 10.7. The van der Waals surface area contributed by atoms with Gasteiger partial charge in [-0.05, 0) is 62.8 Å². The summed E-state index contributed by atoms with van der Waals surface area (Å²) < 4.78 is 6.34. The molecular formula is C39H23NO. The highest BCUT2D eigenvalue weighted by Crippen LogP contribution is 2.38. The number of para-hydroxylation sites is 2. The molecule has 2 heteroatoms. The van der Waals surface area contributed by atoms with Gasteiger partial charge in [-0.1, -0.05) is 109 Å². The summed E-state index contributed by atoms with van der Waals surface area (Å²) in [6, 6.07) is 49.6.